The number of benzene rings is 2. The standard InChI is InChI=1S/C27H36N4O3S/c1-3-10-24(35)26(33)29-22-19-30(18-21-13-8-5-9-14-21)15-16-31(27(22)34)23(25(32)28-2)17-20-11-6-4-7-12-20/h4-9,11-14,22-24,35H,3,10,15-19H2,1-2H3,(H,28,32)(H,29,33). The summed E-state index contributed by atoms with van der Waals surface area (Å²) < 4.78 is 0. The van der Waals surface area contributed by atoms with Crippen molar-refractivity contribution >= 4 is 30.4 Å². The monoisotopic (exact) mass is 496 g/mol. The zero-order chi connectivity index (χ0) is 25.2. The van der Waals surface area contributed by atoms with Gasteiger partial charge in [-0.15, -0.1) is 0 Å². The summed E-state index contributed by atoms with van der Waals surface area (Å²) in [6, 6.07) is 18.3. The van der Waals surface area contributed by atoms with Crippen molar-refractivity contribution in [2.75, 3.05) is 26.7 Å². The van der Waals surface area contributed by atoms with Gasteiger partial charge in [0.25, 0.3) is 0 Å². The van der Waals surface area contributed by atoms with Crippen LogP contribution in [-0.4, -0.2) is 71.5 Å². The molecular formula is C27H36N4O3S. The van der Waals surface area contributed by atoms with Gasteiger partial charge in [-0.25, -0.2) is 0 Å². The Morgan fingerprint density at radius 2 is 1.63 bits per heavy atom. The lowest BCUT2D eigenvalue weighted by atomic mass is 10.0. The molecule has 0 aliphatic carbocycles. The van der Waals surface area contributed by atoms with Crippen molar-refractivity contribution in [3.63, 3.8) is 0 Å². The summed E-state index contributed by atoms with van der Waals surface area (Å²) in [5.74, 6) is -0.716. The van der Waals surface area contributed by atoms with Gasteiger partial charge in [0.2, 0.25) is 17.7 Å². The normalized spacial score (nSPS) is 18.4. The molecule has 1 heterocycles. The molecule has 1 aliphatic rings. The smallest absolute Gasteiger partial charge is 0.247 e. The molecule has 1 fully saturated rings. The van der Waals surface area contributed by atoms with E-state index in [0.29, 0.717) is 39.0 Å². The zero-order valence-electron chi connectivity index (χ0n) is 20.5. The van der Waals surface area contributed by atoms with Crippen molar-refractivity contribution in [2.24, 2.45) is 0 Å². The van der Waals surface area contributed by atoms with Crippen LogP contribution in [0, 0.1) is 0 Å². The average Bonchev–Trinajstić information content (AvgIpc) is 3.02. The summed E-state index contributed by atoms with van der Waals surface area (Å²) in [5.41, 5.74) is 2.10. The molecule has 3 atom stereocenters. The topological polar surface area (TPSA) is 81.8 Å². The number of amides is 3. The predicted octanol–water partition coefficient (Wildman–Crippen LogP) is 2.27. The number of carbonyl (C=O) groups excluding carboxylic acids is 3. The third-order valence-corrected chi connectivity index (χ3v) is 6.80. The van der Waals surface area contributed by atoms with Gasteiger partial charge < -0.3 is 15.5 Å². The van der Waals surface area contributed by atoms with Gasteiger partial charge in [0.1, 0.15) is 12.1 Å². The first-order valence-electron chi connectivity index (χ1n) is 12.2. The SMILES string of the molecule is CCCC(S)C(=O)NC1CN(Cc2ccccc2)CCN(C(Cc2ccccc2)C(=O)NC)C1=O. The van der Waals surface area contributed by atoms with Crippen molar-refractivity contribution < 1.29 is 14.4 Å². The van der Waals surface area contributed by atoms with E-state index in [9.17, 15) is 14.4 Å². The predicted molar refractivity (Wildman–Crippen MR) is 141 cm³/mol. The third-order valence-electron chi connectivity index (χ3n) is 6.31. The fraction of sp³-hybridized carbons (Fsp3) is 0.444. The van der Waals surface area contributed by atoms with E-state index in [1.807, 2.05) is 67.6 Å². The molecule has 2 aromatic rings. The summed E-state index contributed by atoms with van der Waals surface area (Å²) >= 11 is 4.43. The van der Waals surface area contributed by atoms with Crippen LogP contribution in [0.2, 0.25) is 0 Å². The maximum absolute atomic E-state index is 13.8. The molecule has 8 heteroatoms. The van der Waals surface area contributed by atoms with Crippen LogP contribution in [0.25, 0.3) is 0 Å². The molecule has 2 N–H and O–H groups in total. The van der Waals surface area contributed by atoms with E-state index in [1.165, 1.54) is 0 Å². The molecule has 0 spiro atoms. The Morgan fingerprint density at radius 3 is 2.23 bits per heavy atom. The molecule has 35 heavy (non-hydrogen) atoms. The van der Waals surface area contributed by atoms with E-state index in [-0.39, 0.29) is 17.7 Å². The van der Waals surface area contributed by atoms with Gasteiger partial charge in [0, 0.05) is 39.6 Å². The summed E-state index contributed by atoms with van der Waals surface area (Å²) in [6.07, 6.45) is 1.85. The minimum absolute atomic E-state index is 0.221. The largest absolute Gasteiger partial charge is 0.357 e. The Balaban J connectivity index is 1.87. The van der Waals surface area contributed by atoms with E-state index in [2.05, 4.69) is 28.2 Å². The second kappa shape index (κ2) is 13.3. The Hall–Kier alpha value is -2.84. The molecule has 1 saturated heterocycles. The quantitative estimate of drug-likeness (QED) is 0.441. The van der Waals surface area contributed by atoms with Gasteiger partial charge >= 0.3 is 0 Å². The fourth-order valence-corrected chi connectivity index (χ4v) is 4.74. The average molecular weight is 497 g/mol. The Morgan fingerprint density at radius 1 is 1.00 bits per heavy atom. The minimum atomic E-state index is -0.761. The number of hydrogen-bond acceptors (Lipinski definition) is 5. The second-order valence-electron chi connectivity index (χ2n) is 8.94. The van der Waals surface area contributed by atoms with Crippen LogP contribution in [-0.2, 0) is 27.3 Å². The van der Waals surface area contributed by atoms with Crippen LogP contribution in [0.4, 0.5) is 0 Å². The second-order valence-corrected chi connectivity index (χ2v) is 9.56. The lowest BCUT2D eigenvalue weighted by molar-refractivity contribution is -0.142. The number of hydrogen-bond donors (Lipinski definition) is 3. The summed E-state index contributed by atoms with van der Waals surface area (Å²) in [5, 5.41) is 5.17. The first-order chi connectivity index (χ1) is 16.9. The number of nitrogens with zero attached hydrogens (tertiary/aromatic N) is 2. The maximum Gasteiger partial charge on any atom is 0.247 e. The minimum Gasteiger partial charge on any atom is -0.357 e. The highest BCUT2D eigenvalue weighted by Gasteiger charge is 2.38. The third kappa shape index (κ3) is 7.57. The molecule has 3 amide bonds. The molecule has 0 radical (unpaired) electrons. The molecule has 0 aromatic heterocycles. The van der Waals surface area contributed by atoms with Crippen molar-refractivity contribution in [2.45, 2.75) is 50.1 Å². The molecule has 188 valence electrons. The lowest BCUT2D eigenvalue weighted by Gasteiger charge is -2.31. The molecule has 3 rings (SSSR count). The van der Waals surface area contributed by atoms with Crippen molar-refractivity contribution in [3.05, 3.63) is 71.8 Å². The highest BCUT2D eigenvalue weighted by molar-refractivity contribution is 7.81. The zero-order valence-corrected chi connectivity index (χ0v) is 21.4. The lowest BCUT2D eigenvalue weighted by Crippen LogP contribution is -2.57. The van der Waals surface area contributed by atoms with Crippen molar-refractivity contribution in [1.82, 2.24) is 20.4 Å². The molecule has 3 unspecified atom stereocenters. The summed E-state index contributed by atoms with van der Waals surface area (Å²) in [7, 11) is 1.58. The number of nitrogens with one attached hydrogen (secondary N) is 2. The Labute approximate surface area is 213 Å². The number of likely N-dealkylation sites (N-methyl/N-ethyl adjacent to an activating group) is 1. The number of rotatable bonds is 10. The molecular weight excluding hydrogens is 460 g/mol. The number of carbonyl (C=O) groups is 3. The molecule has 0 saturated carbocycles. The van der Waals surface area contributed by atoms with Crippen LogP contribution >= 0.6 is 12.6 Å². The Bertz CT molecular complexity index is 973. The van der Waals surface area contributed by atoms with E-state index < -0.39 is 17.3 Å². The van der Waals surface area contributed by atoms with Crippen LogP contribution in [0.1, 0.15) is 30.9 Å². The van der Waals surface area contributed by atoms with Gasteiger partial charge in [-0.1, -0.05) is 74.0 Å². The molecule has 7 nitrogen and oxygen atoms in total. The number of thiol groups is 1. The maximum atomic E-state index is 13.8. The van der Waals surface area contributed by atoms with Gasteiger partial charge in [0.15, 0.2) is 0 Å². The fourth-order valence-electron chi connectivity index (χ4n) is 4.41. The van der Waals surface area contributed by atoms with Crippen LogP contribution in [0.3, 0.4) is 0 Å². The van der Waals surface area contributed by atoms with E-state index >= 15 is 0 Å². The van der Waals surface area contributed by atoms with Crippen LogP contribution < -0.4 is 10.6 Å². The molecule has 1 aliphatic heterocycles. The van der Waals surface area contributed by atoms with Crippen LogP contribution in [0.15, 0.2) is 60.7 Å². The first-order valence-corrected chi connectivity index (χ1v) is 12.7. The van der Waals surface area contributed by atoms with Crippen molar-refractivity contribution in [3.8, 4) is 0 Å². The van der Waals surface area contributed by atoms with E-state index in [4.69, 9.17) is 0 Å². The van der Waals surface area contributed by atoms with Crippen molar-refractivity contribution in [1.29, 1.82) is 0 Å². The highest BCUT2D eigenvalue weighted by atomic mass is 32.1. The summed E-state index contributed by atoms with van der Waals surface area (Å²) in [4.78, 5) is 43.4. The Kier molecular flexibility index (Phi) is 10.2. The van der Waals surface area contributed by atoms with Gasteiger partial charge in [-0.05, 0) is 17.5 Å². The highest BCUT2D eigenvalue weighted by Crippen LogP contribution is 2.17. The van der Waals surface area contributed by atoms with Gasteiger partial charge in [0.05, 0.1) is 5.25 Å². The van der Waals surface area contributed by atoms with Gasteiger partial charge in [-0.3, -0.25) is 19.3 Å². The first kappa shape index (κ1) is 26.8. The van der Waals surface area contributed by atoms with E-state index in [0.717, 1.165) is 17.5 Å². The molecule has 0 bridgehead atoms. The molecule has 2 aromatic carbocycles. The van der Waals surface area contributed by atoms with Crippen LogP contribution in [0.5, 0.6) is 0 Å². The van der Waals surface area contributed by atoms with E-state index in [1.54, 1.807) is 11.9 Å². The van der Waals surface area contributed by atoms with Gasteiger partial charge in [-0.2, -0.15) is 12.6 Å². The summed E-state index contributed by atoms with van der Waals surface area (Å²) in [6.45, 7) is 4.00.